The van der Waals surface area contributed by atoms with Gasteiger partial charge in [-0.3, -0.25) is 9.69 Å². The highest BCUT2D eigenvalue weighted by molar-refractivity contribution is 5.91. The van der Waals surface area contributed by atoms with Gasteiger partial charge in [0.15, 0.2) is 0 Å². The van der Waals surface area contributed by atoms with Crippen LogP contribution in [-0.2, 0) is 11.3 Å². The average molecular weight is 385 g/mol. The second-order valence-corrected chi connectivity index (χ2v) is 7.96. The summed E-state index contributed by atoms with van der Waals surface area (Å²) in [7, 11) is 1.65. The number of methoxy groups -OCH3 is 1. The highest BCUT2D eigenvalue weighted by atomic mass is 16.5. The SMILES string of the molecule is COc1ccc(NC(=O)CC[C@H]2CCCN(Cc3cc(C)c(C)o3)C2)c(C)c1. The Morgan fingerprint density at radius 2 is 2.07 bits per heavy atom. The number of hydrogen-bond donors (Lipinski definition) is 1. The van der Waals surface area contributed by atoms with Crippen molar-refractivity contribution >= 4 is 11.6 Å². The first-order chi connectivity index (χ1) is 13.4. The molecular weight excluding hydrogens is 352 g/mol. The number of carbonyl (C=O) groups is 1. The lowest BCUT2D eigenvalue weighted by atomic mass is 9.93. The van der Waals surface area contributed by atoms with Gasteiger partial charge in [0.25, 0.3) is 0 Å². The largest absolute Gasteiger partial charge is 0.497 e. The zero-order chi connectivity index (χ0) is 20.1. The zero-order valence-corrected chi connectivity index (χ0v) is 17.5. The Labute approximate surface area is 168 Å². The van der Waals surface area contributed by atoms with Gasteiger partial charge in [-0.25, -0.2) is 0 Å². The number of nitrogens with zero attached hydrogens (tertiary/aromatic N) is 1. The van der Waals surface area contributed by atoms with E-state index in [9.17, 15) is 4.79 Å². The molecule has 1 N–H and O–H groups in total. The maximum atomic E-state index is 12.4. The lowest BCUT2D eigenvalue weighted by Gasteiger charge is -2.32. The number of piperidine rings is 1. The first-order valence-electron chi connectivity index (χ1n) is 10.2. The Kier molecular flexibility index (Phi) is 6.79. The summed E-state index contributed by atoms with van der Waals surface area (Å²) in [6.45, 7) is 9.09. The summed E-state index contributed by atoms with van der Waals surface area (Å²) in [5.74, 6) is 3.51. The molecule has 0 spiro atoms. The third-order valence-electron chi connectivity index (χ3n) is 5.69. The minimum atomic E-state index is 0.0858. The molecule has 1 amide bonds. The topological polar surface area (TPSA) is 54.7 Å². The molecule has 1 atom stereocenters. The molecule has 1 saturated heterocycles. The molecule has 0 saturated carbocycles. The van der Waals surface area contributed by atoms with Crippen LogP contribution in [0.25, 0.3) is 0 Å². The summed E-state index contributed by atoms with van der Waals surface area (Å²) in [4.78, 5) is 14.9. The molecule has 1 aromatic carbocycles. The van der Waals surface area contributed by atoms with Gasteiger partial charge in [-0.15, -0.1) is 0 Å². The fourth-order valence-electron chi connectivity index (χ4n) is 3.93. The summed E-state index contributed by atoms with van der Waals surface area (Å²) in [6.07, 6.45) is 3.86. The van der Waals surface area contributed by atoms with Crippen molar-refractivity contribution in [2.24, 2.45) is 5.92 Å². The smallest absolute Gasteiger partial charge is 0.224 e. The first-order valence-corrected chi connectivity index (χ1v) is 10.2. The zero-order valence-electron chi connectivity index (χ0n) is 17.5. The Hall–Kier alpha value is -2.27. The first kappa shape index (κ1) is 20.5. The lowest BCUT2D eigenvalue weighted by Crippen LogP contribution is -2.35. The van der Waals surface area contributed by atoms with E-state index in [1.165, 1.54) is 18.4 Å². The van der Waals surface area contributed by atoms with Gasteiger partial charge >= 0.3 is 0 Å². The highest BCUT2D eigenvalue weighted by Crippen LogP contribution is 2.25. The molecule has 1 aromatic heterocycles. The maximum Gasteiger partial charge on any atom is 0.224 e. The number of ether oxygens (including phenoxy) is 1. The summed E-state index contributed by atoms with van der Waals surface area (Å²) < 4.78 is 11.0. The van der Waals surface area contributed by atoms with E-state index < -0.39 is 0 Å². The number of anilines is 1. The van der Waals surface area contributed by atoms with E-state index in [4.69, 9.17) is 9.15 Å². The predicted octanol–water partition coefficient (Wildman–Crippen LogP) is 4.84. The van der Waals surface area contributed by atoms with Crippen LogP contribution in [-0.4, -0.2) is 31.0 Å². The fourth-order valence-corrected chi connectivity index (χ4v) is 3.93. The van der Waals surface area contributed by atoms with Crippen molar-refractivity contribution in [3.05, 3.63) is 46.9 Å². The molecule has 0 aliphatic carbocycles. The third kappa shape index (κ3) is 5.38. The van der Waals surface area contributed by atoms with Crippen LogP contribution < -0.4 is 10.1 Å². The van der Waals surface area contributed by atoms with E-state index in [1.54, 1.807) is 7.11 Å². The minimum Gasteiger partial charge on any atom is -0.497 e. The van der Waals surface area contributed by atoms with E-state index in [0.717, 1.165) is 54.6 Å². The number of nitrogens with one attached hydrogen (secondary N) is 1. The van der Waals surface area contributed by atoms with Gasteiger partial charge in [-0.2, -0.15) is 0 Å². The van der Waals surface area contributed by atoms with Crippen LogP contribution in [0.5, 0.6) is 5.75 Å². The van der Waals surface area contributed by atoms with E-state index in [1.807, 2.05) is 32.0 Å². The molecule has 3 rings (SSSR count). The quantitative estimate of drug-likeness (QED) is 0.742. The Bertz CT molecular complexity index is 793. The van der Waals surface area contributed by atoms with E-state index in [2.05, 4.69) is 23.2 Å². The maximum absolute atomic E-state index is 12.4. The minimum absolute atomic E-state index is 0.0858. The number of furan rings is 1. The molecule has 28 heavy (non-hydrogen) atoms. The van der Waals surface area contributed by atoms with Crippen LogP contribution in [0.4, 0.5) is 5.69 Å². The van der Waals surface area contributed by atoms with Crippen molar-refractivity contribution < 1.29 is 13.9 Å². The number of benzene rings is 1. The van der Waals surface area contributed by atoms with Gasteiger partial charge in [0, 0.05) is 18.7 Å². The molecule has 0 bridgehead atoms. The number of rotatable bonds is 7. The highest BCUT2D eigenvalue weighted by Gasteiger charge is 2.22. The van der Waals surface area contributed by atoms with Crippen molar-refractivity contribution in [1.82, 2.24) is 4.90 Å². The van der Waals surface area contributed by atoms with Crippen LogP contribution in [0, 0.1) is 26.7 Å². The van der Waals surface area contributed by atoms with Gasteiger partial charge in [0.2, 0.25) is 5.91 Å². The molecule has 0 unspecified atom stereocenters. The number of aryl methyl sites for hydroxylation is 3. The van der Waals surface area contributed by atoms with Gasteiger partial charge in [0.05, 0.1) is 13.7 Å². The fraction of sp³-hybridized carbons (Fsp3) is 0.522. The molecule has 2 heterocycles. The summed E-state index contributed by atoms with van der Waals surface area (Å²) in [6, 6.07) is 7.86. The van der Waals surface area contributed by atoms with Gasteiger partial charge in [-0.1, -0.05) is 0 Å². The molecule has 1 aliphatic rings. The van der Waals surface area contributed by atoms with Crippen LogP contribution in [0.1, 0.15) is 48.3 Å². The van der Waals surface area contributed by atoms with Crippen molar-refractivity contribution in [1.29, 1.82) is 0 Å². The van der Waals surface area contributed by atoms with Gasteiger partial charge in [-0.05, 0) is 87.9 Å². The normalized spacial score (nSPS) is 17.5. The Morgan fingerprint density at radius 3 is 2.75 bits per heavy atom. The lowest BCUT2D eigenvalue weighted by molar-refractivity contribution is -0.116. The molecule has 5 nitrogen and oxygen atoms in total. The number of hydrogen-bond acceptors (Lipinski definition) is 4. The molecule has 0 radical (unpaired) electrons. The van der Waals surface area contributed by atoms with Crippen molar-refractivity contribution in [2.75, 3.05) is 25.5 Å². The molecule has 1 fully saturated rings. The van der Waals surface area contributed by atoms with Crippen LogP contribution in [0.15, 0.2) is 28.7 Å². The van der Waals surface area contributed by atoms with Gasteiger partial charge < -0.3 is 14.5 Å². The molecule has 2 aromatic rings. The summed E-state index contributed by atoms with van der Waals surface area (Å²) in [5, 5.41) is 3.04. The Morgan fingerprint density at radius 1 is 1.25 bits per heavy atom. The van der Waals surface area contributed by atoms with Crippen LogP contribution >= 0.6 is 0 Å². The number of amides is 1. The van der Waals surface area contributed by atoms with Crippen molar-refractivity contribution in [3.8, 4) is 5.75 Å². The second-order valence-electron chi connectivity index (χ2n) is 7.96. The number of likely N-dealkylation sites (tertiary alicyclic amines) is 1. The average Bonchev–Trinajstić information content (AvgIpc) is 2.99. The summed E-state index contributed by atoms with van der Waals surface area (Å²) >= 11 is 0. The molecule has 5 heteroatoms. The standard InChI is InChI=1S/C23H32N2O3/c1-16-12-21(28-18(16)3)15-25-11-5-6-19(14-25)7-10-23(26)24-22-9-8-20(27-4)13-17(22)2/h8-9,12-13,19H,5-7,10-11,14-15H2,1-4H3,(H,24,26)/t19-/m1/s1. The van der Waals surface area contributed by atoms with Crippen molar-refractivity contribution in [3.63, 3.8) is 0 Å². The number of carbonyl (C=O) groups excluding carboxylic acids is 1. The van der Waals surface area contributed by atoms with Crippen LogP contribution in [0.2, 0.25) is 0 Å². The van der Waals surface area contributed by atoms with E-state index in [-0.39, 0.29) is 5.91 Å². The van der Waals surface area contributed by atoms with Gasteiger partial charge in [0.1, 0.15) is 17.3 Å². The molecule has 152 valence electrons. The summed E-state index contributed by atoms with van der Waals surface area (Å²) in [5.41, 5.74) is 3.09. The predicted molar refractivity (Wildman–Crippen MR) is 112 cm³/mol. The monoisotopic (exact) mass is 384 g/mol. The molecular formula is C23H32N2O3. The Balaban J connectivity index is 1.46. The van der Waals surface area contributed by atoms with E-state index >= 15 is 0 Å². The second kappa shape index (κ2) is 9.28. The van der Waals surface area contributed by atoms with Crippen LogP contribution in [0.3, 0.4) is 0 Å². The molecule has 1 aliphatic heterocycles. The van der Waals surface area contributed by atoms with Crippen molar-refractivity contribution in [2.45, 2.75) is 53.0 Å². The third-order valence-corrected chi connectivity index (χ3v) is 5.69. The van der Waals surface area contributed by atoms with E-state index in [0.29, 0.717) is 12.3 Å².